The highest BCUT2D eigenvalue weighted by molar-refractivity contribution is 5.87. The number of esters is 1. The number of hydrogen-bond acceptors (Lipinski definition) is 8. The second kappa shape index (κ2) is 20.3. The van der Waals surface area contributed by atoms with Crippen LogP contribution in [0.2, 0.25) is 0 Å². The molecule has 274 valence electrons. The molecule has 2 aliphatic rings. The first-order valence-corrected chi connectivity index (χ1v) is 18.2. The molecule has 0 aliphatic carbocycles. The number of carbonyl (C=O) groups is 1. The van der Waals surface area contributed by atoms with E-state index in [4.69, 9.17) is 33.2 Å². The lowest BCUT2D eigenvalue weighted by atomic mass is 9.86. The molecule has 8 heteroatoms. The second-order valence-corrected chi connectivity index (χ2v) is 13.5. The van der Waals surface area contributed by atoms with Gasteiger partial charge in [-0.2, -0.15) is 0 Å². The summed E-state index contributed by atoms with van der Waals surface area (Å²) >= 11 is 0. The lowest BCUT2D eigenvalue weighted by Gasteiger charge is -2.45. The zero-order valence-electron chi connectivity index (χ0n) is 30.5. The van der Waals surface area contributed by atoms with Crippen molar-refractivity contribution >= 4 is 5.97 Å². The number of ether oxygens (including phenoxy) is 7. The monoisotopic (exact) mass is 698 g/mol. The Bertz CT molecular complexity index is 1510. The summed E-state index contributed by atoms with van der Waals surface area (Å²) < 4.78 is 43.6. The summed E-state index contributed by atoms with van der Waals surface area (Å²) in [6.45, 7) is 8.12. The first kappa shape index (κ1) is 38.4. The van der Waals surface area contributed by atoms with Gasteiger partial charge < -0.3 is 33.2 Å². The molecule has 0 spiro atoms. The lowest BCUT2D eigenvalue weighted by Crippen LogP contribution is -2.52. The van der Waals surface area contributed by atoms with Gasteiger partial charge in [0.15, 0.2) is 0 Å². The molecule has 0 saturated carbocycles. The highest BCUT2D eigenvalue weighted by atomic mass is 16.6. The molecule has 2 fully saturated rings. The fourth-order valence-electron chi connectivity index (χ4n) is 6.64. The van der Waals surface area contributed by atoms with Crippen LogP contribution in [0.1, 0.15) is 63.1 Å². The van der Waals surface area contributed by atoms with Crippen molar-refractivity contribution in [2.24, 2.45) is 5.92 Å². The standard InChI is InChI=1S/C43H54O8/c1-5-47-43(44)32(3)18-23-38-39(48-30-35-19-21-36(45-4)22-20-35)25-31(2)26-41-42(51-38)27-40(49-29-34-15-10-7-11-16-34)37(50-41)17-12-24-46-28-33-13-8-6-9-14-33/h6-22,31,37-42H,5,23-30H2,1-4H3/b17-12+,32-18+/t31-,37+,38-,39+,40+,41-,42+/m0/s1. The molecular formula is C43H54O8. The number of fused-ring (bicyclic) bond motifs is 1. The second-order valence-electron chi connectivity index (χ2n) is 13.5. The van der Waals surface area contributed by atoms with Gasteiger partial charge in [-0.1, -0.05) is 97.9 Å². The van der Waals surface area contributed by atoms with Crippen LogP contribution >= 0.6 is 0 Å². The predicted octanol–water partition coefficient (Wildman–Crippen LogP) is 8.18. The summed E-state index contributed by atoms with van der Waals surface area (Å²) in [5.74, 6) is 0.794. The molecule has 5 rings (SSSR count). The smallest absolute Gasteiger partial charge is 0.333 e. The maximum absolute atomic E-state index is 12.5. The Morgan fingerprint density at radius 1 is 0.784 bits per heavy atom. The molecule has 0 unspecified atom stereocenters. The zero-order chi connectivity index (χ0) is 35.8. The third kappa shape index (κ3) is 12.2. The van der Waals surface area contributed by atoms with Crippen molar-refractivity contribution in [3.8, 4) is 5.75 Å². The van der Waals surface area contributed by atoms with Crippen molar-refractivity contribution in [2.75, 3.05) is 20.3 Å². The number of hydrogen-bond donors (Lipinski definition) is 0. The largest absolute Gasteiger partial charge is 0.497 e. The van der Waals surface area contributed by atoms with Crippen LogP contribution in [-0.4, -0.2) is 62.9 Å². The average Bonchev–Trinajstić information content (AvgIpc) is 3.15. The fourth-order valence-corrected chi connectivity index (χ4v) is 6.64. The molecule has 2 heterocycles. The van der Waals surface area contributed by atoms with Gasteiger partial charge in [-0.05, 0) is 67.9 Å². The van der Waals surface area contributed by atoms with E-state index in [2.05, 4.69) is 37.3 Å². The minimum Gasteiger partial charge on any atom is -0.497 e. The summed E-state index contributed by atoms with van der Waals surface area (Å²) in [6.07, 6.45) is 7.49. The first-order valence-electron chi connectivity index (χ1n) is 18.2. The van der Waals surface area contributed by atoms with Gasteiger partial charge in [-0.15, -0.1) is 0 Å². The Balaban J connectivity index is 1.32. The summed E-state index contributed by atoms with van der Waals surface area (Å²) in [5, 5.41) is 0. The van der Waals surface area contributed by atoms with Gasteiger partial charge in [0.25, 0.3) is 0 Å². The van der Waals surface area contributed by atoms with Crippen LogP contribution in [0.5, 0.6) is 5.75 Å². The van der Waals surface area contributed by atoms with E-state index in [0.29, 0.717) is 57.4 Å². The lowest BCUT2D eigenvalue weighted by molar-refractivity contribution is -0.224. The van der Waals surface area contributed by atoms with Gasteiger partial charge in [0.1, 0.15) is 11.9 Å². The molecular weight excluding hydrogens is 644 g/mol. The highest BCUT2D eigenvalue weighted by Gasteiger charge is 2.43. The van der Waals surface area contributed by atoms with E-state index in [1.807, 2.05) is 79.7 Å². The summed E-state index contributed by atoms with van der Waals surface area (Å²) in [5.41, 5.74) is 3.86. The molecule has 0 radical (unpaired) electrons. The maximum Gasteiger partial charge on any atom is 0.333 e. The van der Waals surface area contributed by atoms with Gasteiger partial charge >= 0.3 is 5.97 Å². The van der Waals surface area contributed by atoms with Crippen LogP contribution in [0.4, 0.5) is 0 Å². The van der Waals surface area contributed by atoms with E-state index in [0.717, 1.165) is 35.3 Å². The van der Waals surface area contributed by atoms with Crippen molar-refractivity contribution in [3.63, 3.8) is 0 Å². The van der Waals surface area contributed by atoms with Gasteiger partial charge in [-0.3, -0.25) is 0 Å². The normalized spacial score (nSPS) is 25.5. The Morgan fingerprint density at radius 3 is 2.08 bits per heavy atom. The SMILES string of the molecule is CCOC(=O)/C(C)=C/C[C@@H]1O[C@@H]2C[C@@H](OCc3ccccc3)[C@@H](/C=C/COCc3ccccc3)O[C@H]2C[C@@H](C)C[C@H]1OCc1ccc(OC)cc1. The summed E-state index contributed by atoms with van der Waals surface area (Å²) in [6, 6.07) is 28.3. The Kier molecular flexibility index (Phi) is 15.3. The highest BCUT2D eigenvalue weighted by Crippen LogP contribution is 2.36. The molecule has 2 saturated heterocycles. The van der Waals surface area contributed by atoms with Gasteiger partial charge in [0.2, 0.25) is 0 Å². The number of methoxy groups -OCH3 is 1. The minimum absolute atomic E-state index is 0.128. The molecule has 51 heavy (non-hydrogen) atoms. The van der Waals surface area contributed by atoms with E-state index >= 15 is 0 Å². The fraction of sp³-hybridized carbons (Fsp3) is 0.465. The average molecular weight is 699 g/mol. The number of rotatable bonds is 16. The van der Waals surface area contributed by atoms with E-state index < -0.39 is 0 Å². The molecule has 0 amide bonds. The van der Waals surface area contributed by atoms with Crippen LogP contribution in [0.25, 0.3) is 0 Å². The van der Waals surface area contributed by atoms with Crippen LogP contribution in [0.3, 0.4) is 0 Å². The van der Waals surface area contributed by atoms with Crippen molar-refractivity contribution in [3.05, 3.63) is 125 Å². The molecule has 3 aromatic rings. The van der Waals surface area contributed by atoms with Gasteiger partial charge in [-0.25, -0.2) is 4.79 Å². The van der Waals surface area contributed by atoms with Crippen molar-refractivity contribution in [1.82, 2.24) is 0 Å². The third-order valence-corrected chi connectivity index (χ3v) is 9.45. The quantitative estimate of drug-likeness (QED) is 0.0642. The molecule has 7 atom stereocenters. The van der Waals surface area contributed by atoms with Gasteiger partial charge in [0.05, 0.1) is 70.7 Å². The number of carbonyl (C=O) groups excluding carboxylic acids is 1. The molecule has 2 aliphatic heterocycles. The molecule has 3 aromatic carbocycles. The first-order chi connectivity index (χ1) is 24.9. The van der Waals surface area contributed by atoms with Crippen molar-refractivity contribution in [2.45, 2.75) is 103 Å². The summed E-state index contributed by atoms with van der Waals surface area (Å²) in [7, 11) is 1.66. The van der Waals surface area contributed by atoms with Crippen molar-refractivity contribution in [1.29, 1.82) is 0 Å². The van der Waals surface area contributed by atoms with Crippen LogP contribution in [-0.2, 0) is 53.0 Å². The zero-order valence-corrected chi connectivity index (χ0v) is 30.5. The molecule has 0 aromatic heterocycles. The minimum atomic E-state index is -0.317. The maximum atomic E-state index is 12.5. The van der Waals surface area contributed by atoms with E-state index in [-0.39, 0.29) is 42.6 Å². The van der Waals surface area contributed by atoms with Crippen LogP contribution in [0, 0.1) is 5.92 Å². The topological polar surface area (TPSA) is 81.7 Å². The Labute approximate surface area is 303 Å². The van der Waals surface area contributed by atoms with Gasteiger partial charge in [0, 0.05) is 12.0 Å². The summed E-state index contributed by atoms with van der Waals surface area (Å²) in [4.78, 5) is 12.5. The van der Waals surface area contributed by atoms with Crippen molar-refractivity contribution < 1.29 is 38.0 Å². The van der Waals surface area contributed by atoms with E-state index in [9.17, 15) is 4.79 Å². The predicted molar refractivity (Wildman–Crippen MR) is 197 cm³/mol. The van der Waals surface area contributed by atoms with E-state index in [1.165, 1.54) is 0 Å². The van der Waals surface area contributed by atoms with Crippen LogP contribution < -0.4 is 4.74 Å². The Morgan fingerprint density at radius 2 is 1.41 bits per heavy atom. The Hall–Kier alpha value is -3.79. The van der Waals surface area contributed by atoms with Crippen LogP contribution in [0.15, 0.2) is 109 Å². The molecule has 0 N–H and O–H groups in total. The molecule has 0 bridgehead atoms. The molecule has 8 nitrogen and oxygen atoms in total. The number of benzene rings is 3. The van der Waals surface area contributed by atoms with E-state index in [1.54, 1.807) is 14.0 Å². The third-order valence-electron chi connectivity index (χ3n) is 9.45.